The van der Waals surface area contributed by atoms with Gasteiger partial charge in [-0.05, 0) is 30.5 Å². The molecule has 8 nitrogen and oxygen atoms in total. The van der Waals surface area contributed by atoms with Crippen molar-refractivity contribution in [3.05, 3.63) is 64.7 Å². The third-order valence-electron chi connectivity index (χ3n) is 4.68. The first-order valence-electron chi connectivity index (χ1n) is 8.89. The number of carbonyl (C=O) groups is 1. The van der Waals surface area contributed by atoms with Crippen LogP contribution in [0, 0.1) is 0 Å². The summed E-state index contributed by atoms with van der Waals surface area (Å²) in [5.41, 5.74) is 2.13. The maximum Gasteiger partial charge on any atom is 0.528 e. The van der Waals surface area contributed by atoms with Gasteiger partial charge in [0, 0.05) is 25.3 Å². The molecule has 0 bridgehead atoms. The van der Waals surface area contributed by atoms with Gasteiger partial charge in [-0.15, -0.1) is 5.06 Å². The Kier molecular flexibility index (Phi) is 4.88. The number of piperidine rings is 1. The second-order valence-corrected chi connectivity index (χ2v) is 6.45. The Labute approximate surface area is 155 Å². The fourth-order valence-corrected chi connectivity index (χ4v) is 3.36. The Morgan fingerprint density at radius 2 is 1.93 bits per heavy atom. The van der Waals surface area contributed by atoms with E-state index in [-0.39, 0.29) is 18.3 Å². The van der Waals surface area contributed by atoms with Crippen molar-refractivity contribution in [2.75, 3.05) is 13.1 Å². The zero-order valence-electron chi connectivity index (χ0n) is 14.7. The highest BCUT2D eigenvalue weighted by molar-refractivity contribution is 5.70. The van der Waals surface area contributed by atoms with E-state index in [4.69, 9.17) is 9.57 Å². The first kappa shape index (κ1) is 17.3. The standard InChI is InChI=1S/C19H20N4O4/c24-18-21-17-16(7-4-10-20-17)23(18)15-8-11-22(12-9-15)27-19(25)26-13-14-5-2-1-3-6-14/h1-7,10,15H,8-9,11-13H2,(H,20,21,24). The summed E-state index contributed by atoms with van der Waals surface area (Å²) in [6, 6.07) is 13.2. The highest BCUT2D eigenvalue weighted by Gasteiger charge is 2.26. The summed E-state index contributed by atoms with van der Waals surface area (Å²) in [4.78, 5) is 36.4. The fraction of sp³-hybridized carbons (Fsp3) is 0.316. The number of carbonyl (C=O) groups excluding carboxylic acids is 1. The average Bonchev–Trinajstić information content (AvgIpc) is 3.04. The molecule has 1 aromatic carbocycles. The molecule has 0 aliphatic carbocycles. The first-order chi connectivity index (χ1) is 13.2. The van der Waals surface area contributed by atoms with Crippen LogP contribution in [0.1, 0.15) is 24.4 Å². The number of nitrogens with one attached hydrogen (secondary N) is 1. The molecule has 1 N–H and O–H groups in total. The normalized spacial score (nSPS) is 15.7. The number of benzene rings is 1. The van der Waals surface area contributed by atoms with Gasteiger partial charge in [-0.2, -0.15) is 0 Å². The lowest BCUT2D eigenvalue weighted by Gasteiger charge is -2.30. The molecule has 8 heteroatoms. The van der Waals surface area contributed by atoms with Crippen LogP contribution >= 0.6 is 0 Å². The predicted octanol–water partition coefficient (Wildman–Crippen LogP) is 2.63. The molecule has 1 saturated heterocycles. The molecule has 3 heterocycles. The predicted molar refractivity (Wildman–Crippen MR) is 97.9 cm³/mol. The molecule has 0 spiro atoms. The number of nitrogens with zero attached hydrogens (tertiary/aromatic N) is 3. The number of hydrogen-bond donors (Lipinski definition) is 1. The van der Waals surface area contributed by atoms with E-state index in [9.17, 15) is 9.59 Å². The van der Waals surface area contributed by atoms with Gasteiger partial charge in [-0.25, -0.2) is 14.6 Å². The smallest absolute Gasteiger partial charge is 0.428 e. The minimum absolute atomic E-state index is 0.0376. The molecule has 0 amide bonds. The van der Waals surface area contributed by atoms with Crippen LogP contribution in [-0.4, -0.2) is 38.8 Å². The molecule has 3 aromatic rings. The summed E-state index contributed by atoms with van der Waals surface area (Å²) < 4.78 is 6.88. The molecule has 4 rings (SSSR count). The van der Waals surface area contributed by atoms with E-state index in [0.29, 0.717) is 31.6 Å². The van der Waals surface area contributed by atoms with Crippen LogP contribution < -0.4 is 5.69 Å². The maximum absolute atomic E-state index is 12.3. The molecule has 0 atom stereocenters. The quantitative estimate of drug-likeness (QED) is 0.712. The van der Waals surface area contributed by atoms with Gasteiger partial charge in [0.15, 0.2) is 5.65 Å². The highest BCUT2D eigenvalue weighted by Crippen LogP contribution is 2.24. The average molecular weight is 368 g/mol. The second kappa shape index (κ2) is 7.63. The molecular weight excluding hydrogens is 348 g/mol. The molecule has 1 aliphatic heterocycles. The Morgan fingerprint density at radius 3 is 2.70 bits per heavy atom. The lowest BCUT2D eigenvalue weighted by Crippen LogP contribution is -2.38. The van der Waals surface area contributed by atoms with Gasteiger partial charge in [0.2, 0.25) is 0 Å². The van der Waals surface area contributed by atoms with Gasteiger partial charge >= 0.3 is 11.8 Å². The van der Waals surface area contributed by atoms with E-state index in [1.165, 1.54) is 0 Å². The summed E-state index contributed by atoms with van der Waals surface area (Å²) in [5.74, 6) is 0. The Hall–Kier alpha value is -3.13. The van der Waals surface area contributed by atoms with Gasteiger partial charge in [0.25, 0.3) is 0 Å². The zero-order chi connectivity index (χ0) is 18.6. The van der Waals surface area contributed by atoms with Crippen LogP contribution in [0.4, 0.5) is 4.79 Å². The van der Waals surface area contributed by atoms with Gasteiger partial charge in [0.1, 0.15) is 6.61 Å². The van der Waals surface area contributed by atoms with Gasteiger partial charge in [0.05, 0.1) is 5.52 Å². The molecule has 27 heavy (non-hydrogen) atoms. The van der Waals surface area contributed by atoms with E-state index in [2.05, 4.69) is 9.97 Å². The molecule has 0 radical (unpaired) electrons. The number of aromatic amines is 1. The number of hydrogen-bond acceptors (Lipinski definition) is 6. The van der Waals surface area contributed by atoms with Crippen molar-refractivity contribution >= 4 is 17.3 Å². The number of rotatable bonds is 4. The van der Waals surface area contributed by atoms with Crippen molar-refractivity contribution in [2.24, 2.45) is 0 Å². The van der Waals surface area contributed by atoms with Gasteiger partial charge in [-0.3, -0.25) is 9.55 Å². The molecular formula is C19H20N4O4. The second-order valence-electron chi connectivity index (χ2n) is 6.45. The summed E-state index contributed by atoms with van der Waals surface area (Å²) in [6.45, 7) is 1.24. The summed E-state index contributed by atoms with van der Waals surface area (Å²) in [6.07, 6.45) is 2.31. The first-order valence-corrected chi connectivity index (χ1v) is 8.89. The summed E-state index contributed by atoms with van der Waals surface area (Å²) in [7, 11) is 0. The zero-order valence-corrected chi connectivity index (χ0v) is 14.7. The number of ether oxygens (including phenoxy) is 1. The van der Waals surface area contributed by atoms with Crippen LogP contribution in [0.5, 0.6) is 0 Å². The Bertz CT molecular complexity index is 974. The SMILES string of the molecule is O=C(OCc1ccccc1)ON1CCC(n2c(=O)[nH]c3ncccc32)CC1. The van der Waals surface area contributed by atoms with Gasteiger partial charge < -0.3 is 9.57 Å². The largest absolute Gasteiger partial charge is 0.528 e. The van der Waals surface area contributed by atoms with E-state index in [0.717, 1.165) is 11.1 Å². The molecule has 0 saturated carbocycles. The Balaban J connectivity index is 1.32. The fourth-order valence-electron chi connectivity index (χ4n) is 3.36. The summed E-state index contributed by atoms with van der Waals surface area (Å²) >= 11 is 0. The molecule has 0 unspecified atom stereocenters. The van der Waals surface area contributed by atoms with Crippen molar-refractivity contribution in [2.45, 2.75) is 25.5 Å². The summed E-state index contributed by atoms with van der Waals surface area (Å²) in [5, 5.41) is 1.59. The molecule has 1 aliphatic rings. The van der Waals surface area contributed by atoms with Crippen molar-refractivity contribution in [3.8, 4) is 0 Å². The number of fused-ring (bicyclic) bond motifs is 1. The van der Waals surface area contributed by atoms with Crippen molar-refractivity contribution < 1.29 is 14.4 Å². The van der Waals surface area contributed by atoms with Crippen molar-refractivity contribution in [1.82, 2.24) is 19.6 Å². The van der Waals surface area contributed by atoms with Crippen LogP contribution in [0.15, 0.2) is 53.5 Å². The third-order valence-corrected chi connectivity index (χ3v) is 4.68. The number of aromatic nitrogens is 3. The number of pyridine rings is 1. The van der Waals surface area contributed by atoms with Crippen LogP contribution in [-0.2, 0) is 16.2 Å². The van der Waals surface area contributed by atoms with E-state index >= 15 is 0 Å². The number of H-pyrrole nitrogens is 1. The molecule has 140 valence electrons. The molecule has 2 aromatic heterocycles. The minimum Gasteiger partial charge on any atom is -0.428 e. The number of hydroxylamine groups is 2. The third kappa shape index (κ3) is 3.85. The lowest BCUT2D eigenvalue weighted by atomic mass is 10.1. The maximum atomic E-state index is 12.3. The van der Waals surface area contributed by atoms with E-state index in [1.807, 2.05) is 42.5 Å². The Morgan fingerprint density at radius 1 is 1.15 bits per heavy atom. The number of imidazole rings is 1. The van der Waals surface area contributed by atoms with E-state index in [1.54, 1.807) is 15.8 Å². The van der Waals surface area contributed by atoms with Gasteiger partial charge in [-0.1, -0.05) is 30.3 Å². The molecule has 1 fully saturated rings. The van der Waals surface area contributed by atoms with Crippen LogP contribution in [0.3, 0.4) is 0 Å². The lowest BCUT2D eigenvalue weighted by molar-refractivity contribution is -0.143. The highest BCUT2D eigenvalue weighted by atomic mass is 16.8. The van der Waals surface area contributed by atoms with Crippen molar-refractivity contribution in [3.63, 3.8) is 0 Å². The van der Waals surface area contributed by atoms with Crippen molar-refractivity contribution in [1.29, 1.82) is 0 Å². The topological polar surface area (TPSA) is 89.5 Å². The van der Waals surface area contributed by atoms with E-state index < -0.39 is 6.16 Å². The van der Waals surface area contributed by atoms with Crippen LogP contribution in [0.25, 0.3) is 11.2 Å². The monoisotopic (exact) mass is 368 g/mol. The van der Waals surface area contributed by atoms with Crippen LogP contribution in [0.2, 0.25) is 0 Å². The minimum atomic E-state index is -0.717.